The Morgan fingerprint density at radius 1 is 1.02 bits per heavy atom. The Morgan fingerprint density at radius 2 is 1.75 bits per heavy atom. The van der Waals surface area contributed by atoms with Crippen LogP contribution >= 0.6 is 10.8 Å². The molecule has 13 heteroatoms. The van der Waals surface area contributed by atoms with Gasteiger partial charge in [-0.1, -0.05) is 48.5 Å². The van der Waals surface area contributed by atoms with Gasteiger partial charge in [-0.25, -0.2) is 4.39 Å². The van der Waals surface area contributed by atoms with Crippen LogP contribution in [0.3, 0.4) is 0 Å². The number of carbonyl (C=O) groups is 1. The van der Waals surface area contributed by atoms with Crippen LogP contribution in [0, 0.1) is 5.82 Å². The number of amides is 1. The normalized spacial score (nSPS) is 17.0. The summed E-state index contributed by atoms with van der Waals surface area (Å²) >= 11 is 0. The van der Waals surface area contributed by atoms with Crippen molar-refractivity contribution in [1.29, 1.82) is 0 Å². The molecule has 6 N–H and O–H groups in total. The minimum Gasteiger partial charge on any atom is -0.390 e. The molecular weight excluding hydrogens is 600 g/mol. The number of rotatable bonds is 12. The fourth-order valence-electron chi connectivity index (χ4n) is 5.11. The smallest absolute Gasteiger partial charge is 0.390 e. The Morgan fingerprint density at radius 3 is 2.43 bits per heavy atom. The van der Waals surface area contributed by atoms with E-state index in [4.69, 9.17) is 0 Å². The summed E-state index contributed by atoms with van der Waals surface area (Å²) in [5, 5.41) is 19.9. The van der Waals surface area contributed by atoms with Crippen molar-refractivity contribution in [2.24, 2.45) is 0 Å². The van der Waals surface area contributed by atoms with Crippen LogP contribution in [0.2, 0.25) is 0 Å². The first-order valence-corrected chi connectivity index (χ1v) is 16.1. The highest BCUT2D eigenvalue weighted by Crippen LogP contribution is 2.51. The van der Waals surface area contributed by atoms with Crippen molar-refractivity contribution in [2.75, 3.05) is 35.0 Å². The molecule has 8 nitrogen and oxygen atoms in total. The Hall–Kier alpha value is -3.36. The molecule has 1 amide bonds. The predicted molar refractivity (Wildman–Crippen MR) is 165 cm³/mol. The van der Waals surface area contributed by atoms with Gasteiger partial charge in [0, 0.05) is 31.9 Å². The molecule has 44 heavy (non-hydrogen) atoms. The number of hydrogen-bond acceptors (Lipinski definition) is 7. The van der Waals surface area contributed by atoms with Crippen LogP contribution in [0.25, 0.3) is 0 Å². The SMILES string of the molecule is CCNc1cc(C(=O)NC(Cc2ccccc2)C(O)CNCc2cccc(C(F)(F)F)c2)c(F)c(N2CCCCS2(O)O)c1. The van der Waals surface area contributed by atoms with Gasteiger partial charge in [0.1, 0.15) is 0 Å². The lowest BCUT2D eigenvalue weighted by Crippen LogP contribution is -2.49. The third-order valence-electron chi connectivity index (χ3n) is 7.35. The molecule has 3 aromatic carbocycles. The molecule has 1 fully saturated rings. The number of nitrogens with zero attached hydrogens (tertiary/aromatic N) is 1. The summed E-state index contributed by atoms with van der Waals surface area (Å²) < 4.78 is 77.8. The second-order valence-corrected chi connectivity index (χ2v) is 12.8. The van der Waals surface area contributed by atoms with Gasteiger partial charge >= 0.3 is 6.18 Å². The van der Waals surface area contributed by atoms with E-state index >= 15 is 4.39 Å². The molecule has 0 spiro atoms. The first kappa shape index (κ1) is 33.5. The summed E-state index contributed by atoms with van der Waals surface area (Å²) in [5.41, 5.74) is 0.364. The van der Waals surface area contributed by atoms with E-state index < -0.39 is 46.4 Å². The molecule has 2 unspecified atom stereocenters. The molecule has 1 heterocycles. The van der Waals surface area contributed by atoms with Gasteiger partial charge in [0.15, 0.2) is 5.82 Å². The zero-order chi connectivity index (χ0) is 31.9. The predicted octanol–water partition coefficient (Wildman–Crippen LogP) is 6.03. The van der Waals surface area contributed by atoms with Crippen molar-refractivity contribution in [3.8, 4) is 0 Å². The van der Waals surface area contributed by atoms with Gasteiger partial charge < -0.3 is 21.1 Å². The average Bonchev–Trinajstić information content (AvgIpc) is 2.98. The molecule has 1 aliphatic heterocycles. The quantitative estimate of drug-likeness (QED) is 0.134. The van der Waals surface area contributed by atoms with Gasteiger partial charge in [0.2, 0.25) is 0 Å². The second kappa shape index (κ2) is 14.6. The maximum absolute atomic E-state index is 16.0. The summed E-state index contributed by atoms with van der Waals surface area (Å²) in [6.45, 7) is 2.47. The Bertz CT molecular complexity index is 1410. The summed E-state index contributed by atoms with van der Waals surface area (Å²) in [6.07, 6.45) is -4.28. The van der Waals surface area contributed by atoms with Gasteiger partial charge in [0.05, 0.1) is 34.7 Å². The largest absolute Gasteiger partial charge is 0.416 e. The zero-order valence-electron chi connectivity index (χ0n) is 24.3. The van der Waals surface area contributed by atoms with Gasteiger partial charge in [-0.3, -0.25) is 18.2 Å². The Labute approximate surface area is 256 Å². The van der Waals surface area contributed by atoms with Crippen LogP contribution in [0.15, 0.2) is 66.7 Å². The molecule has 0 aliphatic carbocycles. The van der Waals surface area contributed by atoms with Crippen LogP contribution in [-0.4, -0.2) is 57.7 Å². The lowest BCUT2D eigenvalue weighted by molar-refractivity contribution is -0.137. The molecule has 1 aliphatic rings. The van der Waals surface area contributed by atoms with Crippen molar-refractivity contribution in [1.82, 2.24) is 10.6 Å². The van der Waals surface area contributed by atoms with E-state index in [-0.39, 0.29) is 43.1 Å². The average molecular weight is 639 g/mol. The lowest BCUT2D eigenvalue weighted by atomic mass is 10.00. The fourth-order valence-corrected chi connectivity index (χ4v) is 6.79. The summed E-state index contributed by atoms with van der Waals surface area (Å²) in [6, 6.07) is 15.8. The van der Waals surface area contributed by atoms with Crippen molar-refractivity contribution < 1.29 is 36.6 Å². The van der Waals surface area contributed by atoms with Gasteiger partial charge in [-0.15, -0.1) is 10.8 Å². The van der Waals surface area contributed by atoms with E-state index in [1.54, 1.807) is 12.1 Å². The zero-order valence-corrected chi connectivity index (χ0v) is 25.1. The molecule has 0 bridgehead atoms. The molecule has 2 atom stereocenters. The standard InChI is InChI=1S/C31H38F4N4O4S/c1-2-37-24-17-25(29(32)27(18-24)39-13-6-7-14-44(39,42)43)30(41)38-26(16-21-9-4-3-5-10-21)28(40)20-36-19-22-11-8-12-23(15-22)31(33,34)35/h3-5,8-12,15,17-18,26,28,36-37,40,42-43H,2,6-7,13-14,16,19-20H2,1H3,(H,38,41). The number of halogens is 4. The minimum atomic E-state index is -4.48. The molecule has 1 saturated heterocycles. The highest BCUT2D eigenvalue weighted by Gasteiger charge is 2.33. The number of hydrogen-bond donors (Lipinski definition) is 6. The minimum absolute atomic E-state index is 0.0396. The van der Waals surface area contributed by atoms with E-state index in [1.165, 1.54) is 28.6 Å². The number of carbonyl (C=O) groups excluding carboxylic acids is 1. The third kappa shape index (κ3) is 8.63. The van der Waals surface area contributed by atoms with E-state index in [0.717, 1.165) is 17.7 Å². The molecule has 3 aromatic rings. The fraction of sp³-hybridized carbons (Fsp3) is 0.387. The number of aliphatic hydroxyl groups excluding tert-OH is 1. The molecule has 0 aromatic heterocycles. The van der Waals surface area contributed by atoms with Gasteiger partial charge in [-0.05, 0) is 55.5 Å². The first-order valence-electron chi connectivity index (χ1n) is 14.4. The van der Waals surface area contributed by atoms with Crippen LogP contribution in [-0.2, 0) is 19.1 Å². The van der Waals surface area contributed by atoms with E-state index in [9.17, 15) is 32.2 Å². The summed E-state index contributed by atoms with van der Waals surface area (Å²) in [5.74, 6) is -1.63. The molecule has 4 rings (SSSR count). The maximum atomic E-state index is 16.0. The molecule has 0 saturated carbocycles. The monoisotopic (exact) mass is 638 g/mol. The van der Waals surface area contributed by atoms with Gasteiger partial charge in [-0.2, -0.15) is 13.2 Å². The number of anilines is 2. The highest BCUT2D eigenvalue weighted by molar-refractivity contribution is 8.25. The highest BCUT2D eigenvalue weighted by atomic mass is 32.3. The van der Waals surface area contributed by atoms with Crippen LogP contribution in [0.1, 0.15) is 46.8 Å². The van der Waals surface area contributed by atoms with Crippen LogP contribution in [0.5, 0.6) is 0 Å². The Kier molecular flexibility index (Phi) is 11.1. The van der Waals surface area contributed by atoms with Crippen LogP contribution < -0.4 is 20.3 Å². The molecular formula is C31H38F4N4O4S. The Balaban J connectivity index is 1.55. The summed E-state index contributed by atoms with van der Waals surface area (Å²) in [7, 11) is -3.27. The topological polar surface area (TPSA) is 117 Å². The molecule has 240 valence electrons. The van der Waals surface area contributed by atoms with Crippen LogP contribution in [0.4, 0.5) is 28.9 Å². The van der Waals surface area contributed by atoms with Crippen molar-refractivity contribution in [3.05, 3.63) is 94.8 Å². The third-order valence-corrected chi connectivity index (χ3v) is 9.27. The van der Waals surface area contributed by atoms with E-state index in [2.05, 4.69) is 16.0 Å². The number of aliphatic hydroxyl groups is 1. The van der Waals surface area contributed by atoms with Crippen molar-refractivity contribution in [2.45, 2.75) is 51.1 Å². The van der Waals surface area contributed by atoms with Crippen molar-refractivity contribution in [3.63, 3.8) is 0 Å². The van der Waals surface area contributed by atoms with Crippen molar-refractivity contribution >= 4 is 28.1 Å². The summed E-state index contributed by atoms with van der Waals surface area (Å²) in [4.78, 5) is 13.6. The second-order valence-electron chi connectivity index (χ2n) is 10.7. The van der Waals surface area contributed by atoms with Gasteiger partial charge in [0.25, 0.3) is 5.91 Å². The van der Waals surface area contributed by atoms with E-state index in [0.29, 0.717) is 30.6 Å². The van der Waals surface area contributed by atoms with E-state index in [1.807, 2.05) is 25.1 Å². The first-order chi connectivity index (χ1) is 20.9. The number of alkyl halides is 3. The number of benzene rings is 3. The lowest BCUT2D eigenvalue weighted by Gasteiger charge is -2.47. The number of nitrogens with one attached hydrogen (secondary N) is 3. The molecule has 0 radical (unpaired) electrons. The maximum Gasteiger partial charge on any atom is 0.416 e.